The highest BCUT2D eigenvalue weighted by atomic mass is 14.3. The summed E-state index contributed by atoms with van der Waals surface area (Å²) < 4.78 is 0. The molecule has 0 aromatic carbocycles. The molecule has 0 radical (unpaired) electrons. The molecule has 1 aliphatic carbocycles. The molecular weight excluding hydrogens is 196 g/mol. The Morgan fingerprint density at radius 2 is 1.62 bits per heavy atom. The van der Waals surface area contributed by atoms with Crippen LogP contribution < -0.4 is 0 Å². The Labute approximate surface area is 97.2 Å². The van der Waals surface area contributed by atoms with Crippen LogP contribution in [0.15, 0.2) is 35.5 Å². The lowest BCUT2D eigenvalue weighted by Crippen LogP contribution is -2.16. The highest BCUT2D eigenvalue weighted by molar-refractivity contribution is 5.43. The number of nitriles is 2. The summed E-state index contributed by atoms with van der Waals surface area (Å²) in [6, 6.07) is 4.41. The number of nitrogens with zero attached hydrogens (tertiary/aromatic N) is 2. The van der Waals surface area contributed by atoms with E-state index < -0.39 is 0 Å². The summed E-state index contributed by atoms with van der Waals surface area (Å²) in [6.45, 7) is 7.96. The molecule has 0 amide bonds. The minimum atomic E-state index is -0.317. The van der Waals surface area contributed by atoms with Crippen LogP contribution in [0.4, 0.5) is 0 Å². The molecule has 1 aliphatic rings. The molecule has 0 heterocycles. The molecule has 0 saturated heterocycles. The zero-order valence-electron chi connectivity index (χ0n) is 10.2. The normalized spacial score (nSPS) is 30.4. The van der Waals surface area contributed by atoms with Crippen LogP contribution >= 0.6 is 0 Å². The molecule has 0 atom stereocenters. The van der Waals surface area contributed by atoms with Crippen molar-refractivity contribution >= 4 is 0 Å². The van der Waals surface area contributed by atoms with Gasteiger partial charge in [-0.15, -0.1) is 0 Å². The van der Waals surface area contributed by atoms with E-state index >= 15 is 0 Å². The van der Waals surface area contributed by atoms with Gasteiger partial charge < -0.3 is 0 Å². The minimum Gasteiger partial charge on any atom is -0.193 e. The number of hydrogen-bond donors (Lipinski definition) is 0. The quantitative estimate of drug-likeness (QED) is 0.617. The van der Waals surface area contributed by atoms with Crippen molar-refractivity contribution in [2.24, 2.45) is 10.8 Å². The second-order valence-electron chi connectivity index (χ2n) is 5.26. The summed E-state index contributed by atoms with van der Waals surface area (Å²) in [5.74, 6) is 0. The van der Waals surface area contributed by atoms with Crippen LogP contribution in [0.3, 0.4) is 0 Å². The zero-order chi connectivity index (χ0) is 12.4. The molecule has 0 aliphatic heterocycles. The lowest BCUT2D eigenvalue weighted by molar-refractivity contribution is 0.554. The second-order valence-corrected chi connectivity index (χ2v) is 5.26. The fourth-order valence-corrected chi connectivity index (χ4v) is 1.68. The van der Waals surface area contributed by atoms with Crippen LogP contribution in [0, 0.1) is 33.5 Å². The van der Waals surface area contributed by atoms with Crippen molar-refractivity contribution in [3.63, 3.8) is 0 Å². The molecule has 2 heteroatoms. The molecule has 0 spiro atoms. The van der Waals surface area contributed by atoms with E-state index in [1.54, 1.807) is 6.08 Å². The van der Waals surface area contributed by atoms with Gasteiger partial charge in [-0.05, 0) is 6.08 Å². The van der Waals surface area contributed by atoms with Crippen LogP contribution in [-0.2, 0) is 0 Å². The lowest BCUT2D eigenvalue weighted by Gasteiger charge is -2.26. The smallest absolute Gasteiger partial charge is 0.0988 e. The van der Waals surface area contributed by atoms with Gasteiger partial charge in [-0.1, -0.05) is 45.9 Å². The van der Waals surface area contributed by atoms with E-state index in [4.69, 9.17) is 10.5 Å². The summed E-state index contributed by atoms with van der Waals surface area (Å²) in [7, 11) is 0. The minimum absolute atomic E-state index is 0.266. The average Bonchev–Trinajstić information content (AvgIpc) is 2.19. The Bertz CT molecular complexity index is 460. The van der Waals surface area contributed by atoms with Gasteiger partial charge in [-0.2, -0.15) is 10.5 Å². The largest absolute Gasteiger partial charge is 0.193 e. The monoisotopic (exact) mass is 212 g/mol. The van der Waals surface area contributed by atoms with Crippen molar-refractivity contribution in [2.45, 2.75) is 27.7 Å². The first-order valence-electron chi connectivity index (χ1n) is 5.26. The SMILES string of the molecule is CC1(C)/C=C(C#N)\C=C/C(C)(C)/C(C#N)=C\1. The second kappa shape index (κ2) is 3.99. The molecule has 82 valence electrons. The Hall–Kier alpha value is -1.80. The molecule has 0 saturated carbocycles. The van der Waals surface area contributed by atoms with Crippen LogP contribution in [0.25, 0.3) is 0 Å². The van der Waals surface area contributed by atoms with Gasteiger partial charge in [0.25, 0.3) is 0 Å². The summed E-state index contributed by atoms with van der Waals surface area (Å²) in [5, 5.41) is 18.1. The third kappa shape index (κ3) is 2.61. The van der Waals surface area contributed by atoms with Gasteiger partial charge >= 0.3 is 0 Å². The molecule has 2 nitrogen and oxygen atoms in total. The van der Waals surface area contributed by atoms with Crippen LogP contribution in [0.2, 0.25) is 0 Å². The highest BCUT2D eigenvalue weighted by Gasteiger charge is 2.25. The predicted molar refractivity (Wildman–Crippen MR) is 64.1 cm³/mol. The first-order valence-corrected chi connectivity index (χ1v) is 5.26. The maximum absolute atomic E-state index is 9.16. The summed E-state index contributed by atoms with van der Waals surface area (Å²) in [6.07, 6.45) is 7.53. The van der Waals surface area contributed by atoms with Gasteiger partial charge in [0.2, 0.25) is 0 Å². The van der Waals surface area contributed by atoms with Gasteiger partial charge in [-0.25, -0.2) is 0 Å². The van der Waals surface area contributed by atoms with Crippen molar-refractivity contribution in [1.82, 2.24) is 0 Å². The van der Waals surface area contributed by atoms with Crippen LogP contribution in [-0.4, -0.2) is 0 Å². The van der Waals surface area contributed by atoms with Crippen LogP contribution in [0.1, 0.15) is 27.7 Å². The molecular formula is C14H16N2. The number of hydrogen-bond acceptors (Lipinski definition) is 2. The molecule has 0 aromatic rings. The van der Waals surface area contributed by atoms with E-state index in [9.17, 15) is 0 Å². The molecule has 0 fully saturated rings. The van der Waals surface area contributed by atoms with E-state index in [2.05, 4.69) is 12.1 Å². The van der Waals surface area contributed by atoms with Gasteiger partial charge in [0.15, 0.2) is 0 Å². The van der Waals surface area contributed by atoms with Crippen molar-refractivity contribution in [3.05, 3.63) is 35.5 Å². The predicted octanol–water partition coefficient (Wildman–Crippen LogP) is 3.51. The van der Waals surface area contributed by atoms with E-state index in [1.807, 2.05) is 45.9 Å². The Morgan fingerprint density at radius 1 is 1.00 bits per heavy atom. The van der Waals surface area contributed by atoms with Crippen molar-refractivity contribution in [2.75, 3.05) is 0 Å². The number of rotatable bonds is 0. The van der Waals surface area contributed by atoms with E-state index in [-0.39, 0.29) is 10.8 Å². The maximum atomic E-state index is 9.16. The molecule has 0 N–H and O–H groups in total. The first-order chi connectivity index (χ1) is 7.30. The van der Waals surface area contributed by atoms with Crippen LogP contribution in [0.5, 0.6) is 0 Å². The molecule has 0 bridgehead atoms. The van der Waals surface area contributed by atoms with Gasteiger partial charge in [0.05, 0.1) is 12.1 Å². The molecule has 0 unspecified atom stereocenters. The van der Waals surface area contributed by atoms with Gasteiger partial charge in [0.1, 0.15) is 0 Å². The van der Waals surface area contributed by atoms with Crippen molar-refractivity contribution in [1.29, 1.82) is 10.5 Å². The summed E-state index contributed by atoms with van der Waals surface area (Å²) in [5.41, 5.74) is 0.800. The highest BCUT2D eigenvalue weighted by Crippen LogP contribution is 2.35. The standard InChI is InChI=1S/C14H16N2/c1-13(2)7-11(9-15)5-6-14(3,4)12(8-13)10-16/h5-8H,1-4H3/b6-5-,11-7+,12-8-. The lowest BCUT2D eigenvalue weighted by atomic mass is 9.77. The van der Waals surface area contributed by atoms with Gasteiger partial charge in [0, 0.05) is 22.0 Å². The van der Waals surface area contributed by atoms with E-state index in [0.717, 1.165) is 5.57 Å². The third-order valence-corrected chi connectivity index (χ3v) is 2.67. The zero-order valence-corrected chi connectivity index (χ0v) is 10.2. The summed E-state index contributed by atoms with van der Waals surface area (Å²) >= 11 is 0. The van der Waals surface area contributed by atoms with Crippen molar-refractivity contribution in [3.8, 4) is 12.1 Å². The maximum Gasteiger partial charge on any atom is 0.0988 e. The molecule has 16 heavy (non-hydrogen) atoms. The fourth-order valence-electron chi connectivity index (χ4n) is 1.68. The third-order valence-electron chi connectivity index (χ3n) is 2.67. The van der Waals surface area contributed by atoms with Gasteiger partial charge in [-0.3, -0.25) is 0 Å². The average molecular weight is 212 g/mol. The molecule has 1 rings (SSSR count). The Morgan fingerprint density at radius 3 is 2.12 bits per heavy atom. The fraction of sp³-hybridized carbons (Fsp3) is 0.429. The first kappa shape index (κ1) is 12.3. The topological polar surface area (TPSA) is 47.6 Å². The number of allylic oxidation sites excluding steroid dienone is 6. The Kier molecular flexibility index (Phi) is 3.06. The van der Waals surface area contributed by atoms with E-state index in [1.165, 1.54) is 0 Å². The van der Waals surface area contributed by atoms with Crippen molar-refractivity contribution < 1.29 is 0 Å². The Balaban J connectivity index is 3.42. The van der Waals surface area contributed by atoms with E-state index in [0.29, 0.717) is 5.57 Å². The summed E-state index contributed by atoms with van der Waals surface area (Å²) in [4.78, 5) is 0. The molecule has 0 aromatic heterocycles.